The molecule has 2 N–H and O–H groups in total. The number of aryl methyl sites for hydroxylation is 1. The molecule has 19 heavy (non-hydrogen) atoms. The smallest absolute Gasteiger partial charge is 0.0719 e. The molecule has 0 saturated heterocycles. The molecule has 0 heterocycles. The highest BCUT2D eigenvalue weighted by molar-refractivity contribution is 5.30. The summed E-state index contributed by atoms with van der Waals surface area (Å²) in [5.74, 6) is 0. The van der Waals surface area contributed by atoms with Crippen LogP contribution in [-0.2, 0) is 27.4 Å². The van der Waals surface area contributed by atoms with Gasteiger partial charge in [-0.05, 0) is 30.0 Å². The first-order valence-electron chi connectivity index (χ1n) is 6.71. The molecule has 0 atom stereocenters. The van der Waals surface area contributed by atoms with Crippen molar-refractivity contribution in [1.82, 2.24) is 0 Å². The molecule has 0 aliphatic carbocycles. The van der Waals surface area contributed by atoms with Crippen molar-refractivity contribution in [2.24, 2.45) is 5.73 Å². The lowest BCUT2D eigenvalue weighted by molar-refractivity contribution is 0.0483. The molecule has 0 aromatic heterocycles. The summed E-state index contributed by atoms with van der Waals surface area (Å²) in [6.07, 6.45) is 0.906. The topological polar surface area (TPSA) is 53.7 Å². The minimum absolute atomic E-state index is 0.584. The third kappa shape index (κ3) is 6.68. The van der Waals surface area contributed by atoms with Crippen molar-refractivity contribution >= 4 is 0 Å². The minimum Gasteiger partial charge on any atom is -0.382 e. The van der Waals surface area contributed by atoms with Crippen LogP contribution in [0.5, 0.6) is 0 Å². The number of ether oxygens (including phenoxy) is 3. The highest BCUT2D eigenvalue weighted by Crippen LogP contribution is 2.12. The van der Waals surface area contributed by atoms with Crippen LogP contribution < -0.4 is 5.73 Å². The summed E-state index contributed by atoms with van der Waals surface area (Å²) < 4.78 is 15.9. The number of benzene rings is 1. The van der Waals surface area contributed by atoms with E-state index < -0.39 is 0 Å². The molecule has 0 aliphatic heterocycles. The maximum atomic E-state index is 5.64. The highest BCUT2D eigenvalue weighted by atomic mass is 16.5. The van der Waals surface area contributed by atoms with Crippen LogP contribution in [0.1, 0.15) is 23.1 Å². The van der Waals surface area contributed by atoms with Crippen LogP contribution in [0.2, 0.25) is 0 Å². The molecule has 108 valence electrons. The third-order valence-electron chi connectivity index (χ3n) is 2.91. The summed E-state index contributed by atoms with van der Waals surface area (Å²) in [6, 6.07) is 6.26. The zero-order valence-corrected chi connectivity index (χ0v) is 12.0. The lowest BCUT2D eigenvalue weighted by atomic mass is 10.1. The summed E-state index contributed by atoms with van der Waals surface area (Å²) in [6.45, 7) is 6.05. The lowest BCUT2D eigenvalue weighted by Crippen LogP contribution is -2.06. The Morgan fingerprint density at radius 3 is 2.53 bits per heavy atom. The molecule has 0 aliphatic rings. The van der Waals surface area contributed by atoms with Gasteiger partial charge in [0.1, 0.15) is 0 Å². The third-order valence-corrected chi connectivity index (χ3v) is 2.91. The van der Waals surface area contributed by atoms with Crippen molar-refractivity contribution in [2.75, 3.05) is 33.5 Å². The largest absolute Gasteiger partial charge is 0.382 e. The van der Waals surface area contributed by atoms with Gasteiger partial charge in [-0.2, -0.15) is 0 Å². The van der Waals surface area contributed by atoms with Crippen LogP contribution in [0.15, 0.2) is 18.2 Å². The molecular weight excluding hydrogens is 242 g/mol. The van der Waals surface area contributed by atoms with E-state index in [1.807, 2.05) is 0 Å². The highest BCUT2D eigenvalue weighted by Gasteiger charge is 2.00. The Balaban J connectivity index is 2.12. The normalized spacial score (nSPS) is 10.9. The minimum atomic E-state index is 0.584. The van der Waals surface area contributed by atoms with Gasteiger partial charge < -0.3 is 19.9 Å². The Hall–Kier alpha value is -0.940. The monoisotopic (exact) mass is 267 g/mol. The molecule has 4 heteroatoms. The van der Waals surface area contributed by atoms with E-state index in [-0.39, 0.29) is 0 Å². The van der Waals surface area contributed by atoms with Gasteiger partial charge in [0.2, 0.25) is 0 Å². The molecule has 0 unspecified atom stereocenters. The molecular formula is C15H25NO3. The quantitative estimate of drug-likeness (QED) is 0.659. The van der Waals surface area contributed by atoms with E-state index in [4.69, 9.17) is 19.9 Å². The van der Waals surface area contributed by atoms with E-state index in [2.05, 4.69) is 25.1 Å². The van der Waals surface area contributed by atoms with Gasteiger partial charge in [0.05, 0.1) is 19.8 Å². The zero-order chi connectivity index (χ0) is 13.9. The second kappa shape index (κ2) is 9.92. The van der Waals surface area contributed by atoms with Crippen LogP contribution in [0.4, 0.5) is 0 Å². The van der Waals surface area contributed by atoms with Crippen molar-refractivity contribution in [3.05, 3.63) is 34.9 Å². The van der Waals surface area contributed by atoms with Gasteiger partial charge in [-0.25, -0.2) is 0 Å². The lowest BCUT2D eigenvalue weighted by Gasteiger charge is -2.09. The van der Waals surface area contributed by atoms with Crippen molar-refractivity contribution < 1.29 is 14.2 Å². The first-order valence-corrected chi connectivity index (χ1v) is 6.71. The molecule has 0 radical (unpaired) electrons. The number of methoxy groups -OCH3 is 1. The SMILES string of the molecule is COCCOCCCOCc1ccc(CN)cc1C. The van der Waals surface area contributed by atoms with E-state index in [0.717, 1.165) is 12.0 Å². The number of rotatable bonds is 10. The predicted octanol–water partition coefficient (Wildman–Crippen LogP) is 2.02. The van der Waals surface area contributed by atoms with Crippen LogP contribution in [-0.4, -0.2) is 33.5 Å². The molecule has 4 nitrogen and oxygen atoms in total. The van der Waals surface area contributed by atoms with Gasteiger partial charge in [0, 0.05) is 26.9 Å². The number of hydrogen-bond donors (Lipinski definition) is 1. The van der Waals surface area contributed by atoms with Crippen LogP contribution >= 0.6 is 0 Å². The molecule has 0 bridgehead atoms. The number of nitrogens with two attached hydrogens (primary N) is 1. The molecule has 0 fully saturated rings. The van der Waals surface area contributed by atoms with E-state index in [1.165, 1.54) is 11.1 Å². The molecule has 0 spiro atoms. The average molecular weight is 267 g/mol. The molecule has 1 aromatic rings. The molecule has 0 amide bonds. The van der Waals surface area contributed by atoms with Crippen molar-refractivity contribution in [3.8, 4) is 0 Å². The van der Waals surface area contributed by atoms with Gasteiger partial charge in [-0.3, -0.25) is 0 Å². The van der Waals surface area contributed by atoms with E-state index in [9.17, 15) is 0 Å². The van der Waals surface area contributed by atoms with Crippen molar-refractivity contribution in [3.63, 3.8) is 0 Å². The molecule has 0 saturated carbocycles. The van der Waals surface area contributed by atoms with Gasteiger partial charge in [-0.15, -0.1) is 0 Å². The van der Waals surface area contributed by atoms with Crippen molar-refractivity contribution in [1.29, 1.82) is 0 Å². The van der Waals surface area contributed by atoms with Crippen molar-refractivity contribution in [2.45, 2.75) is 26.5 Å². The Morgan fingerprint density at radius 2 is 1.84 bits per heavy atom. The van der Waals surface area contributed by atoms with Gasteiger partial charge >= 0.3 is 0 Å². The Labute approximate surface area is 115 Å². The maximum absolute atomic E-state index is 5.64. The fraction of sp³-hybridized carbons (Fsp3) is 0.600. The fourth-order valence-electron chi connectivity index (χ4n) is 1.74. The number of hydrogen-bond acceptors (Lipinski definition) is 4. The Morgan fingerprint density at radius 1 is 1.05 bits per heavy atom. The van der Waals surface area contributed by atoms with Crippen LogP contribution in [0.3, 0.4) is 0 Å². The summed E-state index contributed by atoms with van der Waals surface area (Å²) in [4.78, 5) is 0. The van der Waals surface area contributed by atoms with E-state index in [1.54, 1.807) is 7.11 Å². The maximum Gasteiger partial charge on any atom is 0.0719 e. The fourth-order valence-corrected chi connectivity index (χ4v) is 1.74. The summed E-state index contributed by atoms with van der Waals surface area (Å²) in [5.41, 5.74) is 9.22. The molecule has 1 aromatic carbocycles. The van der Waals surface area contributed by atoms with E-state index >= 15 is 0 Å². The zero-order valence-electron chi connectivity index (χ0n) is 12.0. The second-order valence-corrected chi connectivity index (χ2v) is 4.48. The van der Waals surface area contributed by atoms with E-state index in [0.29, 0.717) is 39.6 Å². The first-order chi connectivity index (χ1) is 9.27. The van der Waals surface area contributed by atoms with Gasteiger partial charge in [0.25, 0.3) is 0 Å². The predicted molar refractivity (Wildman–Crippen MR) is 76.0 cm³/mol. The summed E-state index contributed by atoms with van der Waals surface area (Å²) in [5, 5.41) is 0. The summed E-state index contributed by atoms with van der Waals surface area (Å²) in [7, 11) is 1.67. The molecule has 1 rings (SSSR count). The average Bonchev–Trinajstić information content (AvgIpc) is 2.43. The van der Waals surface area contributed by atoms with Crippen LogP contribution in [0, 0.1) is 6.92 Å². The Bertz CT molecular complexity index is 355. The standard InChI is InChI=1S/C15H25NO3/c1-13-10-14(11-16)4-5-15(13)12-19-7-3-6-18-9-8-17-2/h4-5,10H,3,6-9,11-12,16H2,1-2H3. The summed E-state index contributed by atoms with van der Waals surface area (Å²) >= 11 is 0. The van der Waals surface area contributed by atoms with Crippen LogP contribution in [0.25, 0.3) is 0 Å². The Kier molecular flexibility index (Phi) is 8.41. The second-order valence-electron chi connectivity index (χ2n) is 4.48. The first kappa shape index (κ1) is 16.1. The van der Waals surface area contributed by atoms with Gasteiger partial charge in [-0.1, -0.05) is 18.2 Å². The van der Waals surface area contributed by atoms with Gasteiger partial charge in [0.15, 0.2) is 0 Å².